The first-order chi connectivity index (χ1) is 7.69. The third-order valence-corrected chi connectivity index (χ3v) is 2.28. The summed E-state index contributed by atoms with van der Waals surface area (Å²) in [5, 5.41) is 0. The van der Waals surface area contributed by atoms with Crippen molar-refractivity contribution >= 4 is 5.96 Å². The van der Waals surface area contributed by atoms with Crippen LogP contribution in [0.3, 0.4) is 0 Å². The molecule has 0 fully saturated rings. The van der Waals surface area contributed by atoms with Crippen LogP contribution in [-0.2, 0) is 13.6 Å². The average Bonchev–Trinajstić information content (AvgIpc) is 2.65. The van der Waals surface area contributed by atoms with E-state index in [-0.39, 0.29) is 0 Å². The molecule has 0 atom stereocenters. The first-order valence-electron chi connectivity index (χ1n) is 5.37. The summed E-state index contributed by atoms with van der Waals surface area (Å²) in [5.41, 5.74) is 2.61. The van der Waals surface area contributed by atoms with Gasteiger partial charge in [-0.2, -0.15) is 0 Å². The highest BCUT2D eigenvalue weighted by atomic mass is 15.4. The lowest BCUT2D eigenvalue weighted by Crippen LogP contribution is -2.42. The Bertz CT molecular complexity index is 343. The van der Waals surface area contributed by atoms with Crippen LogP contribution in [0.2, 0.25) is 0 Å². The molecule has 6 nitrogen and oxygen atoms in total. The number of nitrogens with zero attached hydrogens (tertiary/aromatic N) is 4. The van der Waals surface area contributed by atoms with Gasteiger partial charge in [-0.1, -0.05) is 6.92 Å². The van der Waals surface area contributed by atoms with Gasteiger partial charge in [0.1, 0.15) is 5.82 Å². The molecule has 3 N–H and O–H groups in total. The van der Waals surface area contributed by atoms with Gasteiger partial charge in [-0.3, -0.25) is 10.4 Å². The molecule has 1 rings (SSSR count). The second kappa shape index (κ2) is 6.12. The van der Waals surface area contributed by atoms with E-state index in [4.69, 9.17) is 5.84 Å². The Morgan fingerprint density at radius 3 is 2.94 bits per heavy atom. The molecule has 0 aliphatic heterocycles. The Balaban J connectivity index is 2.63. The molecule has 0 unspecified atom stereocenters. The third kappa shape index (κ3) is 3.23. The Morgan fingerprint density at radius 2 is 2.44 bits per heavy atom. The molecule has 0 bridgehead atoms. The fourth-order valence-electron chi connectivity index (χ4n) is 1.33. The topological polar surface area (TPSA) is 71.5 Å². The van der Waals surface area contributed by atoms with Crippen molar-refractivity contribution in [3.05, 3.63) is 18.2 Å². The second-order valence-electron chi connectivity index (χ2n) is 3.66. The molecule has 0 amide bonds. The van der Waals surface area contributed by atoms with Crippen LogP contribution in [0.1, 0.15) is 19.2 Å². The SMILES string of the molecule is CCCN=C(NN)N(C)Cc1nccn1C. The molecule has 1 aromatic rings. The highest BCUT2D eigenvalue weighted by molar-refractivity contribution is 5.78. The largest absolute Gasteiger partial charge is 0.338 e. The molecule has 90 valence electrons. The maximum absolute atomic E-state index is 5.43. The fourth-order valence-corrected chi connectivity index (χ4v) is 1.33. The lowest BCUT2D eigenvalue weighted by atomic mass is 10.5. The molecule has 0 spiro atoms. The van der Waals surface area contributed by atoms with E-state index in [0.717, 1.165) is 18.8 Å². The third-order valence-electron chi connectivity index (χ3n) is 2.28. The summed E-state index contributed by atoms with van der Waals surface area (Å²) in [6.07, 6.45) is 4.70. The van der Waals surface area contributed by atoms with E-state index in [0.29, 0.717) is 12.5 Å². The van der Waals surface area contributed by atoms with Gasteiger partial charge in [-0.05, 0) is 6.42 Å². The monoisotopic (exact) mass is 224 g/mol. The molecular formula is C10H20N6. The van der Waals surface area contributed by atoms with E-state index in [1.807, 2.05) is 29.8 Å². The lowest BCUT2D eigenvalue weighted by molar-refractivity contribution is 0.454. The Hall–Kier alpha value is -1.56. The average molecular weight is 224 g/mol. The molecule has 0 aliphatic rings. The number of aliphatic imine (C=N–C) groups is 1. The molecule has 0 saturated carbocycles. The van der Waals surface area contributed by atoms with Crippen LogP contribution in [0.5, 0.6) is 0 Å². The molecule has 0 radical (unpaired) electrons. The minimum Gasteiger partial charge on any atom is -0.338 e. The highest BCUT2D eigenvalue weighted by Crippen LogP contribution is 1.99. The van der Waals surface area contributed by atoms with E-state index in [9.17, 15) is 0 Å². The van der Waals surface area contributed by atoms with Crippen LogP contribution in [-0.4, -0.2) is 34.0 Å². The number of aryl methyl sites for hydroxylation is 1. The molecular weight excluding hydrogens is 204 g/mol. The lowest BCUT2D eigenvalue weighted by Gasteiger charge is -2.20. The van der Waals surface area contributed by atoms with Crippen molar-refractivity contribution in [2.75, 3.05) is 13.6 Å². The normalized spacial score (nSPS) is 11.6. The number of aromatic nitrogens is 2. The van der Waals surface area contributed by atoms with Crippen molar-refractivity contribution in [3.8, 4) is 0 Å². The van der Waals surface area contributed by atoms with Crippen LogP contribution in [0.15, 0.2) is 17.4 Å². The van der Waals surface area contributed by atoms with Crippen LogP contribution in [0, 0.1) is 0 Å². The summed E-state index contributed by atoms with van der Waals surface area (Å²) in [4.78, 5) is 10.5. The summed E-state index contributed by atoms with van der Waals surface area (Å²) in [7, 11) is 3.90. The van der Waals surface area contributed by atoms with Gasteiger partial charge in [0.15, 0.2) is 0 Å². The Morgan fingerprint density at radius 1 is 1.69 bits per heavy atom. The minimum atomic E-state index is 0.677. The van der Waals surface area contributed by atoms with Crippen molar-refractivity contribution in [2.24, 2.45) is 17.9 Å². The predicted octanol–water partition coefficient (Wildman–Crippen LogP) is 0.0812. The maximum atomic E-state index is 5.43. The van der Waals surface area contributed by atoms with E-state index in [2.05, 4.69) is 22.3 Å². The van der Waals surface area contributed by atoms with Crippen molar-refractivity contribution in [1.82, 2.24) is 19.9 Å². The van der Waals surface area contributed by atoms with E-state index in [1.54, 1.807) is 6.20 Å². The highest BCUT2D eigenvalue weighted by Gasteiger charge is 2.07. The first kappa shape index (κ1) is 12.5. The van der Waals surface area contributed by atoms with Crippen molar-refractivity contribution < 1.29 is 0 Å². The zero-order chi connectivity index (χ0) is 12.0. The second-order valence-corrected chi connectivity index (χ2v) is 3.66. The standard InChI is InChI=1S/C10H20N6/c1-4-5-13-10(14-11)16(3)8-9-12-6-7-15(9)2/h6-7H,4-5,8,11H2,1-3H3,(H,13,14). The van der Waals surface area contributed by atoms with Crippen LogP contribution >= 0.6 is 0 Å². The van der Waals surface area contributed by atoms with Gasteiger partial charge in [0.2, 0.25) is 5.96 Å². The van der Waals surface area contributed by atoms with E-state index in [1.165, 1.54) is 0 Å². The number of nitrogens with one attached hydrogen (secondary N) is 1. The van der Waals surface area contributed by atoms with Crippen molar-refractivity contribution in [2.45, 2.75) is 19.9 Å². The van der Waals surface area contributed by atoms with E-state index < -0.39 is 0 Å². The number of hydrazine groups is 1. The molecule has 0 saturated heterocycles. The molecule has 0 aliphatic carbocycles. The van der Waals surface area contributed by atoms with Crippen LogP contribution < -0.4 is 11.3 Å². The number of guanidine groups is 1. The first-order valence-corrected chi connectivity index (χ1v) is 5.37. The predicted molar refractivity (Wildman–Crippen MR) is 64.6 cm³/mol. The Kier molecular flexibility index (Phi) is 4.78. The molecule has 1 heterocycles. The number of imidazole rings is 1. The zero-order valence-electron chi connectivity index (χ0n) is 10.1. The molecule has 16 heavy (non-hydrogen) atoms. The fraction of sp³-hybridized carbons (Fsp3) is 0.600. The molecule has 0 aromatic carbocycles. The Labute approximate surface area is 96.1 Å². The summed E-state index contributed by atoms with van der Waals surface area (Å²) >= 11 is 0. The summed E-state index contributed by atoms with van der Waals surface area (Å²) < 4.78 is 1.98. The van der Waals surface area contributed by atoms with Crippen LogP contribution in [0.4, 0.5) is 0 Å². The van der Waals surface area contributed by atoms with Gasteiger partial charge in [-0.15, -0.1) is 0 Å². The number of hydrogen-bond donors (Lipinski definition) is 2. The van der Waals surface area contributed by atoms with Gasteiger partial charge in [0.25, 0.3) is 0 Å². The van der Waals surface area contributed by atoms with Crippen molar-refractivity contribution in [3.63, 3.8) is 0 Å². The number of hydrogen-bond acceptors (Lipinski definition) is 3. The number of rotatable bonds is 4. The zero-order valence-corrected chi connectivity index (χ0v) is 10.1. The summed E-state index contributed by atoms with van der Waals surface area (Å²) in [5.74, 6) is 7.09. The molecule has 1 aromatic heterocycles. The van der Waals surface area contributed by atoms with Crippen molar-refractivity contribution in [1.29, 1.82) is 0 Å². The van der Waals surface area contributed by atoms with Gasteiger partial charge in [0.05, 0.1) is 6.54 Å². The van der Waals surface area contributed by atoms with E-state index >= 15 is 0 Å². The van der Waals surface area contributed by atoms with Crippen LogP contribution in [0.25, 0.3) is 0 Å². The molecule has 6 heteroatoms. The smallest absolute Gasteiger partial charge is 0.208 e. The van der Waals surface area contributed by atoms with Gasteiger partial charge < -0.3 is 9.47 Å². The minimum absolute atomic E-state index is 0.677. The maximum Gasteiger partial charge on any atom is 0.208 e. The van der Waals surface area contributed by atoms with Gasteiger partial charge >= 0.3 is 0 Å². The summed E-state index contributed by atoms with van der Waals surface area (Å²) in [6.45, 7) is 3.52. The van der Waals surface area contributed by atoms with Gasteiger partial charge in [0, 0.05) is 33.0 Å². The number of nitrogens with two attached hydrogens (primary N) is 1. The summed E-state index contributed by atoms with van der Waals surface area (Å²) in [6, 6.07) is 0. The quantitative estimate of drug-likeness (QED) is 0.329. The van der Waals surface area contributed by atoms with Gasteiger partial charge in [-0.25, -0.2) is 10.8 Å².